The molecule has 2 aromatic heterocycles. The molecule has 2 heterocycles. The summed E-state index contributed by atoms with van der Waals surface area (Å²) in [6.45, 7) is 1.89. The zero-order valence-electron chi connectivity index (χ0n) is 14.1. The first-order chi connectivity index (χ1) is 12.1. The van der Waals surface area contributed by atoms with Crippen LogP contribution in [0.3, 0.4) is 0 Å². The molecule has 1 amide bonds. The lowest BCUT2D eigenvalue weighted by Gasteiger charge is -2.07. The van der Waals surface area contributed by atoms with E-state index >= 15 is 0 Å². The van der Waals surface area contributed by atoms with Gasteiger partial charge in [-0.05, 0) is 43.5 Å². The molecule has 0 radical (unpaired) electrons. The third kappa shape index (κ3) is 4.51. The zero-order chi connectivity index (χ0) is 18.2. The van der Waals surface area contributed by atoms with E-state index in [1.54, 1.807) is 30.5 Å². The van der Waals surface area contributed by atoms with Crippen LogP contribution >= 0.6 is 0 Å². The van der Waals surface area contributed by atoms with E-state index in [0.717, 1.165) is 11.3 Å². The third-order valence-corrected chi connectivity index (χ3v) is 3.33. The molecule has 0 saturated heterocycles. The number of hydrogen-bond donors (Lipinski definition) is 3. The number of carbonyl (C=O) groups is 1. The topological polar surface area (TPSA) is 119 Å². The van der Waals surface area contributed by atoms with E-state index in [4.69, 9.17) is 11.5 Å². The monoisotopic (exact) mass is 336 g/mol. The van der Waals surface area contributed by atoms with E-state index in [9.17, 15) is 4.79 Å². The van der Waals surface area contributed by atoms with Crippen molar-refractivity contribution in [2.75, 3.05) is 7.05 Å². The Balaban J connectivity index is 2.50. The van der Waals surface area contributed by atoms with E-state index in [-0.39, 0.29) is 11.5 Å². The van der Waals surface area contributed by atoms with Gasteiger partial charge in [-0.25, -0.2) is 9.98 Å². The molecule has 0 aliphatic rings. The van der Waals surface area contributed by atoms with Gasteiger partial charge in [0.1, 0.15) is 0 Å². The highest BCUT2D eigenvalue weighted by molar-refractivity contribution is 6.19. The molecule has 0 aliphatic heterocycles. The number of nitrogens with zero attached hydrogens (tertiary/aromatic N) is 3. The van der Waals surface area contributed by atoms with Gasteiger partial charge in [-0.3, -0.25) is 9.78 Å². The fourth-order valence-electron chi connectivity index (χ4n) is 2.15. The quantitative estimate of drug-likeness (QED) is 0.563. The number of rotatable bonds is 5. The highest BCUT2D eigenvalue weighted by Gasteiger charge is 2.13. The van der Waals surface area contributed by atoms with Gasteiger partial charge in [-0.1, -0.05) is 6.07 Å². The molecule has 2 aromatic rings. The minimum Gasteiger partial charge on any atom is -0.405 e. The second-order valence-electron chi connectivity index (χ2n) is 5.08. The summed E-state index contributed by atoms with van der Waals surface area (Å²) in [5.41, 5.74) is 14.0. The maximum absolute atomic E-state index is 11.9. The summed E-state index contributed by atoms with van der Waals surface area (Å²) in [4.78, 5) is 25.0. The molecule has 0 aromatic carbocycles. The van der Waals surface area contributed by atoms with Gasteiger partial charge >= 0.3 is 0 Å². The molecule has 0 saturated carbocycles. The van der Waals surface area contributed by atoms with Gasteiger partial charge in [0.2, 0.25) is 0 Å². The first-order valence-electron chi connectivity index (χ1n) is 7.60. The van der Waals surface area contributed by atoms with Crippen LogP contribution < -0.4 is 16.8 Å². The third-order valence-electron chi connectivity index (χ3n) is 3.33. The van der Waals surface area contributed by atoms with Crippen LogP contribution in [-0.2, 0) is 4.79 Å². The lowest BCUT2D eigenvalue weighted by Crippen LogP contribution is -2.20. The highest BCUT2D eigenvalue weighted by Crippen LogP contribution is 2.16. The smallest absolute Gasteiger partial charge is 0.254 e. The number of amides is 1. The Bertz CT molecular complexity index is 854. The van der Waals surface area contributed by atoms with Crippen LogP contribution in [0.5, 0.6) is 0 Å². The number of aryl methyl sites for hydroxylation is 1. The molecule has 25 heavy (non-hydrogen) atoms. The van der Waals surface area contributed by atoms with Crippen LogP contribution in [0.25, 0.3) is 5.57 Å². The maximum atomic E-state index is 11.9. The van der Waals surface area contributed by atoms with E-state index < -0.39 is 0 Å². The zero-order valence-corrected chi connectivity index (χ0v) is 14.1. The first-order valence-corrected chi connectivity index (χ1v) is 7.60. The lowest BCUT2D eigenvalue weighted by atomic mass is 10.1. The Morgan fingerprint density at radius 2 is 2.08 bits per heavy atom. The fraction of sp³-hybridized carbons (Fsp3) is 0.111. The van der Waals surface area contributed by atoms with Crippen molar-refractivity contribution in [3.8, 4) is 0 Å². The summed E-state index contributed by atoms with van der Waals surface area (Å²) in [6.07, 6.45) is 5.87. The average molecular weight is 336 g/mol. The molecular formula is C18H20N6O. The Hall–Kier alpha value is -3.48. The summed E-state index contributed by atoms with van der Waals surface area (Å²) >= 11 is 0. The van der Waals surface area contributed by atoms with Crippen molar-refractivity contribution < 1.29 is 4.79 Å². The minimum absolute atomic E-state index is 0.272. The predicted molar refractivity (Wildman–Crippen MR) is 99.0 cm³/mol. The number of aromatic nitrogens is 2. The number of allylic oxidation sites excluding steroid dienone is 1. The predicted octanol–water partition coefficient (Wildman–Crippen LogP) is 1.42. The molecule has 7 heteroatoms. The Morgan fingerprint density at radius 1 is 1.28 bits per heavy atom. The Kier molecular flexibility index (Phi) is 6.00. The van der Waals surface area contributed by atoms with E-state index in [2.05, 4.69) is 20.3 Å². The van der Waals surface area contributed by atoms with Gasteiger partial charge in [0.15, 0.2) is 5.82 Å². The molecule has 0 fully saturated rings. The van der Waals surface area contributed by atoms with Crippen molar-refractivity contribution in [1.29, 1.82) is 0 Å². The van der Waals surface area contributed by atoms with Crippen LogP contribution in [-0.4, -0.2) is 28.6 Å². The molecule has 0 aliphatic carbocycles. The minimum atomic E-state index is -0.319. The van der Waals surface area contributed by atoms with Crippen LogP contribution in [0.2, 0.25) is 0 Å². The molecule has 7 nitrogen and oxygen atoms in total. The summed E-state index contributed by atoms with van der Waals surface area (Å²) in [5, 5.41) is 2.53. The summed E-state index contributed by atoms with van der Waals surface area (Å²) in [7, 11) is 1.53. The van der Waals surface area contributed by atoms with Crippen LogP contribution in [0.15, 0.2) is 60.0 Å². The van der Waals surface area contributed by atoms with E-state index in [1.165, 1.54) is 19.4 Å². The number of likely N-dealkylation sites (N-methyl/N-ethyl adjacent to an activating group) is 1. The standard InChI is InChI=1S/C18H20N6O/c1-12-4-3-5-17(23-12)24-15(6-8-19)13-7-9-22-16(10-13)14(11-20)18(25)21-2/h3-11H,19-20H2,1-2H3,(H,21,25). The fourth-order valence-corrected chi connectivity index (χ4v) is 2.15. The normalized spacial score (nSPS) is 12.4. The first kappa shape index (κ1) is 17.9. The van der Waals surface area contributed by atoms with Crippen molar-refractivity contribution in [2.24, 2.45) is 16.5 Å². The number of nitrogens with two attached hydrogens (primary N) is 2. The molecular weight excluding hydrogens is 316 g/mol. The van der Waals surface area contributed by atoms with Crippen LogP contribution in [0.4, 0.5) is 5.82 Å². The van der Waals surface area contributed by atoms with Crippen molar-refractivity contribution in [3.63, 3.8) is 0 Å². The number of aliphatic imine (C=N–C) groups is 1. The van der Waals surface area contributed by atoms with Crippen molar-refractivity contribution in [3.05, 3.63) is 72.0 Å². The number of hydrogen-bond acceptors (Lipinski definition) is 6. The van der Waals surface area contributed by atoms with Crippen LogP contribution in [0, 0.1) is 6.92 Å². The van der Waals surface area contributed by atoms with Crippen LogP contribution in [0.1, 0.15) is 17.0 Å². The van der Waals surface area contributed by atoms with Crippen molar-refractivity contribution >= 4 is 23.0 Å². The molecule has 0 spiro atoms. The number of carbonyl (C=O) groups excluding carboxylic acids is 1. The molecule has 0 atom stereocenters. The second-order valence-corrected chi connectivity index (χ2v) is 5.08. The molecule has 5 N–H and O–H groups in total. The van der Waals surface area contributed by atoms with Crippen molar-refractivity contribution in [2.45, 2.75) is 6.92 Å². The second kappa shape index (κ2) is 8.39. The van der Waals surface area contributed by atoms with Gasteiger partial charge in [0.05, 0.1) is 17.0 Å². The van der Waals surface area contributed by atoms with E-state index in [1.807, 2.05) is 19.1 Å². The summed E-state index contributed by atoms with van der Waals surface area (Å²) < 4.78 is 0. The lowest BCUT2D eigenvalue weighted by molar-refractivity contribution is -0.115. The Labute approximate surface area is 146 Å². The SMILES string of the molecule is CNC(=O)C(=CN)c1cc(C(C=CN)=Nc2cccc(C)n2)ccn1. The van der Waals surface area contributed by atoms with Gasteiger partial charge < -0.3 is 16.8 Å². The number of pyridine rings is 2. The van der Waals surface area contributed by atoms with Crippen molar-refractivity contribution in [1.82, 2.24) is 15.3 Å². The van der Waals surface area contributed by atoms with Gasteiger partial charge in [0, 0.05) is 30.7 Å². The maximum Gasteiger partial charge on any atom is 0.254 e. The molecule has 0 unspecified atom stereocenters. The summed E-state index contributed by atoms with van der Waals surface area (Å²) in [5.74, 6) is 0.243. The van der Waals surface area contributed by atoms with Gasteiger partial charge in [-0.15, -0.1) is 0 Å². The Morgan fingerprint density at radius 3 is 2.72 bits per heavy atom. The highest BCUT2D eigenvalue weighted by atomic mass is 16.1. The van der Waals surface area contributed by atoms with Gasteiger partial charge in [-0.2, -0.15) is 0 Å². The average Bonchev–Trinajstić information content (AvgIpc) is 2.62. The molecule has 128 valence electrons. The number of nitrogens with one attached hydrogen (secondary N) is 1. The van der Waals surface area contributed by atoms with E-state index in [0.29, 0.717) is 17.2 Å². The molecule has 2 rings (SSSR count). The summed E-state index contributed by atoms with van der Waals surface area (Å²) in [6, 6.07) is 9.07. The largest absolute Gasteiger partial charge is 0.405 e. The molecule has 0 bridgehead atoms. The van der Waals surface area contributed by atoms with Gasteiger partial charge in [0.25, 0.3) is 5.91 Å².